The number of hydrogen-bond donors (Lipinski definition) is 1. The van der Waals surface area contributed by atoms with Crippen LogP contribution in [-0.4, -0.2) is 6.04 Å². The summed E-state index contributed by atoms with van der Waals surface area (Å²) >= 11 is 5.84. The van der Waals surface area contributed by atoms with Gasteiger partial charge in [0.25, 0.3) is 0 Å². The van der Waals surface area contributed by atoms with Crippen LogP contribution in [0.4, 0.5) is 5.69 Å². The molecule has 86 valence electrons. The molecule has 2 nitrogen and oxygen atoms in total. The molecular formula is C13H17ClN2. The maximum Gasteiger partial charge on any atom is 0.101 e. The fraction of sp³-hybridized carbons (Fsp3) is 0.462. The molecule has 0 spiro atoms. The van der Waals surface area contributed by atoms with Crippen molar-refractivity contribution in [2.24, 2.45) is 5.92 Å². The maximum atomic E-state index is 8.99. The van der Waals surface area contributed by atoms with Crippen molar-refractivity contribution in [3.05, 3.63) is 28.8 Å². The standard InChI is InChI=1S/C13H17ClN2/c1-9(2)6-10(3)16-13-5-4-12(14)7-11(13)8-15/h4-5,7,9-10,16H,6H2,1-3H3. The minimum Gasteiger partial charge on any atom is -0.382 e. The van der Waals surface area contributed by atoms with Gasteiger partial charge >= 0.3 is 0 Å². The van der Waals surface area contributed by atoms with E-state index in [9.17, 15) is 0 Å². The molecule has 1 aromatic rings. The van der Waals surface area contributed by atoms with E-state index in [1.54, 1.807) is 12.1 Å². The first-order valence-electron chi connectivity index (χ1n) is 5.49. The first-order chi connectivity index (χ1) is 7.52. The molecule has 0 heterocycles. The van der Waals surface area contributed by atoms with Gasteiger partial charge in [-0.15, -0.1) is 0 Å². The van der Waals surface area contributed by atoms with Crippen LogP contribution in [0, 0.1) is 17.2 Å². The van der Waals surface area contributed by atoms with Gasteiger partial charge in [-0.05, 0) is 37.5 Å². The highest BCUT2D eigenvalue weighted by molar-refractivity contribution is 6.30. The van der Waals surface area contributed by atoms with E-state index in [2.05, 4.69) is 32.2 Å². The average molecular weight is 237 g/mol. The fourth-order valence-electron chi connectivity index (χ4n) is 1.77. The molecule has 0 aliphatic rings. The van der Waals surface area contributed by atoms with Gasteiger partial charge in [0.1, 0.15) is 6.07 Å². The number of nitrogens with zero attached hydrogens (tertiary/aromatic N) is 1. The third kappa shape index (κ3) is 3.75. The monoisotopic (exact) mass is 236 g/mol. The third-order valence-electron chi connectivity index (χ3n) is 2.33. The van der Waals surface area contributed by atoms with Crippen molar-refractivity contribution in [2.75, 3.05) is 5.32 Å². The fourth-order valence-corrected chi connectivity index (χ4v) is 1.94. The lowest BCUT2D eigenvalue weighted by Crippen LogP contribution is -2.18. The molecular weight excluding hydrogens is 220 g/mol. The van der Waals surface area contributed by atoms with E-state index in [-0.39, 0.29) is 0 Å². The number of nitriles is 1. The molecule has 1 rings (SSSR count). The molecule has 1 atom stereocenters. The van der Waals surface area contributed by atoms with Crippen LogP contribution in [0.25, 0.3) is 0 Å². The summed E-state index contributed by atoms with van der Waals surface area (Å²) in [6, 6.07) is 7.85. The summed E-state index contributed by atoms with van der Waals surface area (Å²) in [7, 11) is 0. The second-order valence-electron chi connectivity index (χ2n) is 4.48. The van der Waals surface area contributed by atoms with Crippen molar-refractivity contribution in [1.82, 2.24) is 0 Å². The Morgan fingerprint density at radius 1 is 1.38 bits per heavy atom. The van der Waals surface area contributed by atoms with Gasteiger partial charge < -0.3 is 5.32 Å². The lowest BCUT2D eigenvalue weighted by Gasteiger charge is -2.18. The van der Waals surface area contributed by atoms with E-state index in [1.807, 2.05) is 6.07 Å². The number of rotatable bonds is 4. The zero-order valence-electron chi connectivity index (χ0n) is 9.92. The van der Waals surface area contributed by atoms with Crippen LogP contribution < -0.4 is 5.32 Å². The highest BCUT2D eigenvalue weighted by Crippen LogP contribution is 2.21. The molecule has 0 aromatic heterocycles. The highest BCUT2D eigenvalue weighted by Gasteiger charge is 2.08. The number of halogens is 1. The molecule has 1 unspecified atom stereocenters. The van der Waals surface area contributed by atoms with Gasteiger partial charge in [-0.3, -0.25) is 0 Å². The third-order valence-corrected chi connectivity index (χ3v) is 2.56. The largest absolute Gasteiger partial charge is 0.382 e. The van der Waals surface area contributed by atoms with Gasteiger partial charge in [0.05, 0.1) is 11.3 Å². The Balaban J connectivity index is 2.77. The van der Waals surface area contributed by atoms with Gasteiger partial charge in [0, 0.05) is 11.1 Å². The van der Waals surface area contributed by atoms with E-state index in [1.165, 1.54) is 0 Å². The molecule has 0 saturated heterocycles. The predicted octanol–water partition coefficient (Wildman–Crippen LogP) is 4.06. The van der Waals surface area contributed by atoms with E-state index < -0.39 is 0 Å². The van der Waals surface area contributed by atoms with Crippen molar-refractivity contribution in [3.63, 3.8) is 0 Å². The molecule has 0 saturated carbocycles. The number of benzene rings is 1. The van der Waals surface area contributed by atoms with Crippen molar-refractivity contribution in [1.29, 1.82) is 5.26 Å². The summed E-state index contributed by atoms with van der Waals surface area (Å²) in [5, 5.41) is 12.9. The Hall–Kier alpha value is -1.20. The molecule has 1 N–H and O–H groups in total. The second-order valence-corrected chi connectivity index (χ2v) is 4.91. The van der Waals surface area contributed by atoms with Gasteiger partial charge in [-0.25, -0.2) is 0 Å². The number of anilines is 1. The van der Waals surface area contributed by atoms with E-state index >= 15 is 0 Å². The topological polar surface area (TPSA) is 35.8 Å². The molecule has 0 aliphatic heterocycles. The summed E-state index contributed by atoms with van der Waals surface area (Å²) in [6.07, 6.45) is 1.08. The minimum atomic E-state index is 0.355. The van der Waals surface area contributed by atoms with Crippen LogP contribution >= 0.6 is 11.6 Å². The van der Waals surface area contributed by atoms with Gasteiger partial charge in [0.2, 0.25) is 0 Å². The van der Waals surface area contributed by atoms with E-state index in [4.69, 9.17) is 16.9 Å². The van der Waals surface area contributed by atoms with E-state index in [0.29, 0.717) is 22.5 Å². The summed E-state index contributed by atoms with van der Waals surface area (Å²) in [6.45, 7) is 6.49. The zero-order chi connectivity index (χ0) is 12.1. The number of hydrogen-bond acceptors (Lipinski definition) is 2. The molecule has 16 heavy (non-hydrogen) atoms. The SMILES string of the molecule is CC(C)CC(C)Nc1ccc(Cl)cc1C#N. The molecule has 0 radical (unpaired) electrons. The van der Waals surface area contributed by atoms with Crippen LogP contribution in [0.3, 0.4) is 0 Å². The first kappa shape index (κ1) is 12.9. The van der Waals surface area contributed by atoms with Gasteiger partial charge in [-0.1, -0.05) is 25.4 Å². The van der Waals surface area contributed by atoms with Crippen LogP contribution in [0.5, 0.6) is 0 Å². The highest BCUT2D eigenvalue weighted by atomic mass is 35.5. The lowest BCUT2D eigenvalue weighted by molar-refractivity contribution is 0.540. The Morgan fingerprint density at radius 3 is 2.62 bits per heavy atom. The quantitative estimate of drug-likeness (QED) is 0.856. The summed E-state index contributed by atoms with van der Waals surface area (Å²) in [5.41, 5.74) is 1.46. The lowest BCUT2D eigenvalue weighted by atomic mass is 10.0. The van der Waals surface area contributed by atoms with Crippen LogP contribution in [0.1, 0.15) is 32.8 Å². The molecule has 3 heteroatoms. The van der Waals surface area contributed by atoms with Crippen molar-refractivity contribution >= 4 is 17.3 Å². The predicted molar refractivity (Wildman–Crippen MR) is 68.7 cm³/mol. The minimum absolute atomic E-state index is 0.355. The van der Waals surface area contributed by atoms with Crippen LogP contribution in [-0.2, 0) is 0 Å². The van der Waals surface area contributed by atoms with Crippen LogP contribution in [0.15, 0.2) is 18.2 Å². The number of nitrogens with one attached hydrogen (secondary N) is 1. The Labute approximate surface area is 102 Å². The van der Waals surface area contributed by atoms with Crippen LogP contribution in [0.2, 0.25) is 5.02 Å². The van der Waals surface area contributed by atoms with Crippen molar-refractivity contribution in [2.45, 2.75) is 33.2 Å². The summed E-state index contributed by atoms with van der Waals surface area (Å²) < 4.78 is 0. The average Bonchev–Trinajstić information content (AvgIpc) is 2.19. The normalized spacial score (nSPS) is 12.2. The zero-order valence-corrected chi connectivity index (χ0v) is 10.7. The second kappa shape index (κ2) is 5.77. The molecule has 1 aromatic carbocycles. The first-order valence-corrected chi connectivity index (χ1v) is 5.87. The van der Waals surface area contributed by atoms with Crippen molar-refractivity contribution in [3.8, 4) is 6.07 Å². The van der Waals surface area contributed by atoms with Gasteiger partial charge in [0.15, 0.2) is 0 Å². The summed E-state index contributed by atoms with van der Waals surface area (Å²) in [4.78, 5) is 0. The molecule has 0 amide bonds. The van der Waals surface area contributed by atoms with Gasteiger partial charge in [-0.2, -0.15) is 5.26 Å². The maximum absolute atomic E-state index is 8.99. The summed E-state index contributed by atoms with van der Waals surface area (Å²) in [5.74, 6) is 0.639. The molecule has 0 fully saturated rings. The Bertz CT molecular complexity index is 393. The van der Waals surface area contributed by atoms with Crippen molar-refractivity contribution < 1.29 is 0 Å². The Morgan fingerprint density at radius 2 is 2.06 bits per heavy atom. The Kier molecular flexibility index (Phi) is 4.64. The van der Waals surface area contributed by atoms with E-state index in [0.717, 1.165) is 12.1 Å². The molecule has 0 bridgehead atoms. The smallest absolute Gasteiger partial charge is 0.101 e. The molecule has 0 aliphatic carbocycles.